The second-order valence-electron chi connectivity index (χ2n) is 3.83. The maximum atomic E-state index is 5.68. The third kappa shape index (κ3) is 2.46. The molecule has 0 bridgehead atoms. The van der Waals surface area contributed by atoms with Crippen molar-refractivity contribution in [3.05, 3.63) is 42.5 Å². The maximum Gasteiger partial charge on any atom is 0.184 e. The molecule has 0 saturated carbocycles. The second-order valence-corrected chi connectivity index (χ2v) is 3.83. The first kappa shape index (κ1) is 10.4. The van der Waals surface area contributed by atoms with Crippen LogP contribution in [-0.2, 0) is 9.47 Å². The zero-order chi connectivity index (χ0) is 10.7. The van der Waals surface area contributed by atoms with Gasteiger partial charge in [-0.3, -0.25) is 0 Å². The molecule has 0 amide bonds. The summed E-state index contributed by atoms with van der Waals surface area (Å²) in [4.78, 5) is 0. The molecule has 1 aliphatic heterocycles. The molecule has 1 heterocycles. The van der Waals surface area contributed by atoms with Crippen molar-refractivity contribution in [2.75, 3.05) is 6.61 Å². The van der Waals surface area contributed by atoms with Gasteiger partial charge in [0.25, 0.3) is 0 Å². The molecule has 2 rings (SSSR count). The van der Waals surface area contributed by atoms with Crippen LogP contribution in [-0.4, -0.2) is 19.0 Å². The largest absolute Gasteiger partial charge is 0.348 e. The van der Waals surface area contributed by atoms with Crippen LogP contribution in [0.1, 0.15) is 18.9 Å². The minimum absolute atomic E-state index is 0.254. The van der Waals surface area contributed by atoms with E-state index in [2.05, 4.69) is 13.5 Å². The summed E-state index contributed by atoms with van der Waals surface area (Å²) in [5.74, 6) is 0. The van der Waals surface area contributed by atoms with Gasteiger partial charge in [-0.1, -0.05) is 36.9 Å². The highest BCUT2D eigenvalue weighted by Gasteiger charge is 2.22. The van der Waals surface area contributed by atoms with E-state index in [1.807, 2.05) is 30.3 Å². The highest BCUT2D eigenvalue weighted by molar-refractivity contribution is 5.65. The predicted octanol–water partition coefficient (Wildman–Crippen LogP) is 2.85. The van der Waals surface area contributed by atoms with Gasteiger partial charge in [0.1, 0.15) is 0 Å². The van der Waals surface area contributed by atoms with E-state index in [0.717, 1.165) is 24.2 Å². The lowest BCUT2D eigenvalue weighted by Crippen LogP contribution is -2.31. The summed E-state index contributed by atoms with van der Waals surface area (Å²) in [6.07, 6.45) is 0.929. The number of hydrogen-bond donors (Lipinski definition) is 0. The fraction of sp³-hybridized carbons (Fsp3) is 0.385. The Morgan fingerprint density at radius 3 is 2.73 bits per heavy atom. The molecule has 0 N–H and O–H groups in total. The molecule has 0 aromatic heterocycles. The van der Waals surface area contributed by atoms with E-state index in [-0.39, 0.29) is 12.4 Å². The van der Waals surface area contributed by atoms with Crippen molar-refractivity contribution < 1.29 is 9.47 Å². The van der Waals surface area contributed by atoms with Gasteiger partial charge in [0, 0.05) is 5.57 Å². The molecule has 2 atom stereocenters. The van der Waals surface area contributed by atoms with Gasteiger partial charge in [-0.25, -0.2) is 0 Å². The zero-order valence-electron chi connectivity index (χ0n) is 8.98. The number of benzene rings is 1. The third-order valence-electron chi connectivity index (χ3n) is 2.58. The summed E-state index contributed by atoms with van der Waals surface area (Å²) in [7, 11) is 0. The Labute approximate surface area is 90.5 Å². The molecule has 0 unspecified atom stereocenters. The summed E-state index contributed by atoms with van der Waals surface area (Å²) < 4.78 is 11.2. The Morgan fingerprint density at radius 1 is 1.33 bits per heavy atom. The lowest BCUT2D eigenvalue weighted by Gasteiger charge is -2.29. The van der Waals surface area contributed by atoms with Gasteiger partial charge < -0.3 is 9.47 Å². The minimum atomic E-state index is -0.281. The van der Waals surface area contributed by atoms with Gasteiger partial charge in [-0.05, 0) is 18.9 Å². The smallest absolute Gasteiger partial charge is 0.184 e. The zero-order valence-corrected chi connectivity index (χ0v) is 8.98. The van der Waals surface area contributed by atoms with E-state index in [1.54, 1.807) is 0 Å². The quantitative estimate of drug-likeness (QED) is 0.737. The summed E-state index contributed by atoms with van der Waals surface area (Å²) >= 11 is 0. The predicted molar refractivity (Wildman–Crippen MR) is 60.4 cm³/mol. The van der Waals surface area contributed by atoms with Gasteiger partial charge in [0.15, 0.2) is 6.29 Å². The van der Waals surface area contributed by atoms with Crippen molar-refractivity contribution in [2.24, 2.45) is 0 Å². The van der Waals surface area contributed by atoms with Crippen LogP contribution >= 0.6 is 0 Å². The Morgan fingerprint density at radius 2 is 2.07 bits per heavy atom. The third-order valence-corrected chi connectivity index (χ3v) is 2.58. The van der Waals surface area contributed by atoms with E-state index in [9.17, 15) is 0 Å². The lowest BCUT2D eigenvalue weighted by molar-refractivity contribution is -0.175. The molecular weight excluding hydrogens is 188 g/mol. The van der Waals surface area contributed by atoms with Gasteiger partial charge in [0.2, 0.25) is 0 Å². The molecule has 2 nitrogen and oxygen atoms in total. The van der Waals surface area contributed by atoms with E-state index >= 15 is 0 Å². The first-order valence-electron chi connectivity index (χ1n) is 5.28. The Bertz CT molecular complexity index is 332. The number of hydrogen-bond acceptors (Lipinski definition) is 2. The summed E-state index contributed by atoms with van der Waals surface area (Å²) in [5, 5.41) is 0. The van der Waals surface area contributed by atoms with Gasteiger partial charge in [-0.2, -0.15) is 0 Å². The topological polar surface area (TPSA) is 18.5 Å². The molecule has 1 aromatic carbocycles. The molecule has 1 fully saturated rings. The first-order chi connectivity index (χ1) is 7.27. The minimum Gasteiger partial charge on any atom is -0.348 e. The van der Waals surface area contributed by atoms with Crippen molar-refractivity contribution in [2.45, 2.75) is 25.7 Å². The van der Waals surface area contributed by atoms with Crippen LogP contribution in [0.5, 0.6) is 0 Å². The van der Waals surface area contributed by atoms with Gasteiger partial charge >= 0.3 is 0 Å². The van der Waals surface area contributed by atoms with Crippen molar-refractivity contribution in [3.8, 4) is 0 Å². The molecule has 1 aliphatic rings. The van der Waals surface area contributed by atoms with Crippen LogP contribution in [0.25, 0.3) is 5.57 Å². The molecular formula is C13H16O2. The Balaban J connectivity index is 2.08. The number of ether oxygens (including phenoxy) is 2. The SMILES string of the molecule is C=C(c1ccccc1)[C@H]1OCC[C@@H](C)O1. The monoisotopic (exact) mass is 204 g/mol. The van der Waals surface area contributed by atoms with Crippen molar-refractivity contribution in [1.29, 1.82) is 0 Å². The van der Waals surface area contributed by atoms with E-state index in [1.165, 1.54) is 0 Å². The van der Waals surface area contributed by atoms with Crippen molar-refractivity contribution in [1.82, 2.24) is 0 Å². The maximum absolute atomic E-state index is 5.68. The molecule has 1 saturated heterocycles. The molecule has 0 spiro atoms. The molecule has 80 valence electrons. The summed E-state index contributed by atoms with van der Waals surface area (Å²) in [6.45, 7) is 6.84. The van der Waals surface area contributed by atoms with E-state index in [4.69, 9.17) is 9.47 Å². The van der Waals surface area contributed by atoms with Crippen molar-refractivity contribution in [3.63, 3.8) is 0 Å². The molecule has 1 aromatic rings. The summed E-state index contributed by atoms with van der Waals surface area (Å²) in [5.41, 5.74) is 1.98. The van der Waals surface area contributed by atoms with Crippen LogP contribution in [0.4, 0.5) is 0 Å². The second kappa shape index (κ2) is 4.60. The average molecular weight is 204 g/mol. The highest BCUT2D eigenvalue weighted by Crippen LogP contribution is 2.24. The van der Waals surface area contributed by atoms with Crippen LogP contribution in [0, 0.1) is 0 Å². The highest BCUT2D eigenvalue weighted by atomic mass is 16.7. The fourth-order valence-electron chi connectivity index (χ4n) is 1.63. The van der Waals surface area contributed by atoms with Crippen LogP contribution in [0.15, 0.2) is 36.9 Å². The molecule has 0 radical (unpaired) electrons. The first-order valence-corrected chi connectivity index (χ1v) is 5.28. The average Bonchev–Trinajstić information content (AvgIpc) is 2.29. The Kier molecular flexibility index (Phi) is 3.19. The van der Waals surface area contributed by atoms with E-state index in [0.29, 0.717) is 0 Å². The van der Waals surface area contributed by atoms with E-state index < -0.39 is 0 Å². The summed E-state index contributed by atoms with van der Waals surface area (Å²) in [6, 6.07) is 10.0. The van der Waals surface area contributed by atoms with Gasteiger partial charge in [-0.15, -0.1) is 0 Å². The van der Waals surface area contributed by atoms with Crippen LogP contribution < -0.4 is 0 Å². The molecule has 15 heavy (non-hydrogen) atoms. The number of rotatable bonds is 2. The lowest BCUT2D eigenvalue weighted by atomic mass is 10.1. The molecule has 0 aliphatic carbocycles. The van der Waals surface area contributed by atoms with Gasteiger partial charge in [0.05, 0.1) is 12.7 Å². The standard InChI is InChI=1S/C13H16O2/c1-10-8-9-14-13(15-10)11(2)12-6-4-3-5-7-12/h3-7,10,13H,2,8-9H2,1H3/t10-,13+/m1/s1. The van der Waals surface area contributed by atoms with Crippen LogP contribution in [0.2, 0.25) is 0 Å². The normalized spacial score (nSPS) is 26.2. The fourth-order valence-corrected chi connectivity index (χ4v) is 1.63. The molecule has 2 heteroatoms. The van der Waals surface area contributed by atoms with Crippen molar-refractivity contribution >= 4 is 5.57 Å². The Hall–Kier alpha value is -1.12. The van der Waals surface area contributed by atoms with Crippen LogP contribution in [0.3, 0.4) is 0 Å².